The molecule has 0 bridgehead atoms. The standard InChI is InChI=1S/C16H25NOS/c1-4-17(5-2)11-12-19-13-14(3)16(18)15-9-7-6-8-10-15/h6-10,14H,4-5,11-13H2,1-3H3. The van der Waals surface area contributed by atoms with Crippen molar-refractivity contribution in [3.05, 3.63) is 35.9 Å². The molecule has 1 rings (SSSR count). The summed E-state index contributed by atoms with van der Waals surface area (Å²) >= 11 is 1.88. The Morgan fingerprint density at radius 3 is 2.42 bits per heavy atom. The number of thioether (sulfide) groups is 1. The van der Waals surface area contributed by atoms with E-state index in [4.69, 9.17) is 0 Å². The lowest BCUT2D eigenvalue weighted by Crippen LogP contribution is -2.25. The summed E-state index contributed by atoms with van der Waals surface area (Å²) in [5.41, 5.74) is 0.833. The first-order valence-corrected chi connectivity index (χ1v) is 8.23. The van der Waals surface area contributed by atoms with Crippen LogP contribution in [0.3, 0.4) is 0 Å². The molecule has 0 amide bonds. The topological polar surface area (TPSA) is 20.3 Å². The second-order valence-corrected chi connectivity index (χ2v) is 5.88. The lowest BCUT2D eigenvalue weighted by Gasteiger charge is -2.18. The van der Waals surface area contributed by atoms with E-state index in [9.17, 15) is 4.79 Å². The molecule has 1 aromatic rings. The van der Waals surface area contributed by atoms with E-state index in [1.807, 2.05) is 49.0 Å². The zero-order valence-electron chi connectivity index (χ0n) is 12.3. The fourth-order valence-corrected chi connectivity index (χ4v) is 3.02. The molecule has 0 saturated carbocycles. The van der Waals surface area contributed by atoms with Crippen LogP contribution >= 0.6 is 11.8 Å². The molecule has 106 valence electrons. The van der Waals surface area contributed by atoms with Gasteiger partial charge in [-0.25, -0.2) is 0 Å². The largest absolute Gasteiger partial charge is 0.303 e. The van der Waals surface area contributed by atoms with E-state index in [0.717, 1.165) is 36.7 Å². The van der Waals surface area contributed by atoms with Crippen LogP contribution in [0.2, 0.25) is 0 Å². The molecule has 1 unspecified atom stereocenters. The van der Waals surface area contributed by atoms with Crippen LogP contribution in [0, 0.1) is 5.92 Å². The number of Topliss-reactive ketones (excluding diaryl/α,β-unsaturated/α-hetero) is 1. The molecule has 0 fully saturated rings. The third kappa shape index (κ3) is 5.79. The van der Waals surface area contributed by atoms with Crippen LogP contribution in [-0.4, -0.2) is 41.8 Å². The lowest BCUT2D eigenvalue weighted by atomic mass is 10.0. The zero-order chi connectivity index (χ0) is 14.1. The van der Waals surface area contributed by atoms with Crippen molar-refractivity contribution in [2.75, 3.05) is 31.1 Å². The van der Waals surface area contributed by atoms with Crippen LogP contribution in [0.1, 0.15) is 31.1 Å². The Hall–Kier alpha value is -0.800. The third-order valence-electron chi connectivity index (χ3n) is 3.32. The average Bonchev–Trinajstić information content (AvgIpc) is 2.47. The van der Waals surface area contributed by atoms with Gasteiger partial charge in [-0.15, -0.1) is 0 Å². The average molecular weight is 279 g/mol. The Morgan fingerprint density at radius 1 is 1.21 bits per heavy atom. The van der Waals surface area contributed by atoms with Crippen molar-refractivity contribution in [1.29, 1.82) is 0 Å². The molecule has 2 nitrogen and oxygen atoms in total. The highest BCUT2D eigenvalue weighted by atomic mass is 32.2. The smallest absolute Gasteiger partial charge is 0.166 e. The van der Waals surface area contributed by atoms with Crippen molar-refractivity contribution < 1.29 is 4.79 Å². The number of hydrogen-bond donors (Lipinski definition) is 0. The summed E-state index contributed by atoms with van der Waals surface area (Å²) in [6.07, 6.45) is 0. The van der Waals surface area contributed by atoms with Gasteiger partial charge in [-0.1, -0.05) is 51.1 Å². The number of carbonyl (C=O) groups excluding carboxylic acids is 1. The first-order valence-electron chi connectivity index (χ1n) is 7.08. The molecule has 0 spiro atoms. The molecule has 19 heavy (non-hydrogen) atoms. The highest BCUT2D eigenvalue weighted by molar-refractivity contribution is 7.99. The van der Waals surface area contributed by atoms with Gasteiger partial charge in [0.05, 0.1) is 0 Å². The number of hydrogen-bond acceptors (Lipinski definition) is 3. The van der Waals surface area contributed by atoms with Crippen molar-refractivity contribution in [2.24, 2.45) is 5.92 Å². The number of benzene rings is 1. The lowest BCUT2D eigenvalue weighted by molar-refractivity contribution is 0.0942. The molecular formula is C16H25NOS. The van der Waals surface area contributed by atoms with Crippen molar-refractivity contribution in [2.45, 2.75) is 20.8 Å². The summed E-state index contributed by atoms with van der Waals surface area (Å²) < 4.78 is 0. The van der Waals surface area contributed by atoms with Gasteiger partial charge in [0.1, 0.15) is 0 Å². The summed E-state index contributed by atoms with van der Waals surface area (Å²) in [5.74, 6) is 2.38. The molecule has 0 heterocycles. The van der Waals surface area contributed by atoms with E-state index in [0.29, 0.717) is 0 Å². The molecular weight excluding hydrogens is 254 g/mol. The molecule has 0 aliphatic rings. The summed E-state index contributed by atoms with van der Waals surface area (Å²) in [7, 11) is 0. The molecule has 1 atom stereocenters. The summed E-state index contributed by atoms with van der Waals surface area (Å²) in [4.78, 5) is 14.6. The van der Waals surface area contributed by atoms with Gasteiger partial charge in [0.25, 0.3) is 0 Å². The predicted molar refractivity (Wildman–Crippen MR) is 85.0 cm³/mol. The van der Waals surface area contributed by atoms with E-state index in [2.05, 4.69) is 18.7 Å². The van der Waals surface area contributed by atoms with Gasteiger partial charge in [0.2, 0.25) is 0 Å². The second-order valence-electron chi connectivity index (χ2n) is 4.73. The minimum absolute atomic E-state index is 0.101. The Morgan fingerprint density at radius 2 is 1.84 bits per heavy atom. The van der Waals surface area contributed by atoms with Crippen LogP contribution in [0.25, 0.3) is 0 Å². The van der Waals surface area contributed by atoms with E-state index in [-0.39, 0.29) is 11.7 Å². The normalized spacial score (nSPS) is 12.6. The van der Waals surface area contributed by atoms with E-state index >= 15 is 0 Å². The van der Waals surface area contributed by atoms with E-state index in [1.165, 1.54) is 0 Å². The van der Waals surface area contributed by atoms with Crippen LogP contribution in [0.4, 0.5) is 0 Å². The monoisotopic (exact) mass is 279 g/mol. The second kappa shape index (κ2) is 9.16. The molecule has 0 saturated heterocycles. The molecule has 3 heteroatoms. The minimum atomic E-state index is 0.101. The van der Waals surface area contributed by atoms with Gasteiger partial charge < -0.3 is 4.90 Å². The Kier molecular flexibility index (Phi) is 7.84. The number of ketones is 1. The van der Waals surface area contributed by atoms with E-state index in [1.54, 1.807) is 0 Å². The van der Waals surface area contributed by atoms with E-state index < -0.39 is 0 Å². The van der Waals surface area contributed by atoms with Gasteiger partial charge in [-0.05, 0) is 13.1 Å². The van der Waals surface area contributed by atoms with Crippen LogP contribution in [0.5, 0.6) is 0 Å². The molecule has 0 radical (unpaired) electrons. The maximum Gasteiger partial charge on any atom is 0.166 e. The predicted octanol–water partition coefficient (Wildman–Crippen LogP) is 3.58. The van der Waals surface area contributed by atoms with Crippen LogP contribution in [-0.2, 0) is 0 Å². The van der Waals surface area contributed by atoms with Gasteiger partial charge in [0.15, 0.2) is 5.78 Å². The quantitative estimate of drug-likeness (QED) is 0.509. The molecule has 0 N–H and O–H groups in total. The van der Waals surface area contributed by atoms with Gasteiger partial charge in [0, 0.05) is 29.5 Å². The Labute approximate surface area is 121 Å². The first kappa shape index (κ1) is 16.3. The maximum atomic E-state index is 12.2. The van der Waals surface area contributed by atoms with Gasteiger partial charge >= 0.3 is 0 Å². The Bertz CT molecular complexity index is 362. The molecule has 0 aliphatic carbocycles. The molecule has 0 aliphatic heterocycles. The summed E-state index contributed by atoms with van der Waals surface area (Å²) in [6, 6.07) is 9.60. The Balaban J connectivity index is 2.28. The fourth-order valence-electron chi connectivity index (χ4n) is 1.96. The number of rotatable bonds is 9. The van der Waals surface area contributed by atoms with Crippen molar-refractivity contribution >= 4 is 17.5 Å². The fraction of sp³-hybridized carbons (Fsp3) is 0.562. The van der Waals surface area contributed by atoms with Crippen molar-refractivity contribution in [1.82, 2.24) is 4.90 Å². The van der Waals surface area contributed by atoms with Crippen molar-refractivity contribution in [3.63, 3.8) is 0 Å². The molecule has 1 aromatic carbocycles. The maximum absolute atomic E-state index is 12.2. The summed E-state index contributed by atoms with van der Waals surface area (Å²) in [5, 5.41) is 0. The third-order valence-corrected chi connectivity index (χ3v) is 4.53. The summed E-state index contributed by atoms with van der Waals surface area (Å²) in [6.45, 7) is 9.74. The number of nitrogens with zero attached hydrogens (tertiary/aromatic N) is 1. The molecule has 0 aromatic heterocycles. The van der Waals surface area contributed by atoms with Gasteiger partial charge in [-0.2, -0.15) is 11.8 Å². The SMILES string of the molecule is CCN(CC)CCSCC(C)C(=O)c1ccccc1. The van der Waals surface area contributed by atoms with Crippen LogP contribution < -0.4 is 0 Å². The first-order chi connectivity index (χ1) is 9.19. The van der Waals surface area contributed by atoms with Crippen LogP contribution in [0.15, 0.2) is 30.3 Å². The highest BCUT2D eigenvalue weighted by Crippen LogP contribution is 2.14. The van der Waals surface area contributed by atoms with Gasteiger partial charge in [-0.3, -0.25) is 4.79 Å². The number of carbonyl (C=O) groups is 1. The highest BCUT2D eigenvalue weighted by Gasteiger charge is 2.14. The minimum Gasteiger partial charge on any atom is -0.303 e. The zero-order valence-corrected chi connectivity index (χ0v) is 13.1. The van der Waals surface area contributed by atoms with Crippen molar-refractivity contribution in [3.8, 4) is 0 Å².